The molecule has 4 heterocycles. The molecule has 5 nitrogen and oxygen atoms in total. The maximum absolute atomic E-state index is 4.91. The van der Waals surface area contributed by atoms with E-state index in [1.807, 2.05) is 12.3 Å². The number of nitrogens with one attached hydrogen (secondary N) is 2. The first-order valence-electron chi connectivity index (χ1n) is 8.62. The summed E-state index contributed by atoms with van der Waals surface area (Å²) < 4.78 is 2.40. The number of rotatable bonds is 4. The maximum Gasteiger partial charge on any atom is 0.159 e. The highest BCUT2D eigenvalue weighted by Gasteiger charge is 2.22. The summed E-state index contributed by atoms with van der Waals surface area (Å²) in [5.41, 5.74) is 2.12. The van der Waals surface area contributed by atoms with Crippen LogP contribution in [0.15, 0.2) is 18.3 Å². The van der Waals surface area contributed by atoms with Gasteiger partial charge >= 0.3 is 0 Å². The molecule has 2 aromatic heterocycles. The molecule has 2 aromatic rings. The molecule has 0 aliphatic carbocycles. The Hall–Kier alpha value is -1.46. The van der Waals surface area contributed by atoms with E-state index in [1.165, 1.54) is 25.1 Å². The largest absolute Gasteiger partial charge is 0.317 e. The molecular weight excluding hydrogens is 274 g/mol. The lowest BCUT2D eigenvalue weighted by molar-refractivity contribution is 0.359. The van der Waals surface area contributed by atoms with Crippen molar-refractivity contribution in [3.8, 4) is 0 Å². The van der Waals surface area contributed by atoms with E-state index in [2.05, 4.69) is 26.3 Å². The number of hydrogen-bond donors (Lipinski definition) is 2. The van der Waals surface area contributed by atoms with Crippen molar-refractivity contribution in [3.05, 3.63) is 24.2 Å². The van der Waals surface area contributed by atoms with Crippen molar-refractivity contribution in [2.24, 2.45) is 11.8 Å². The third-order valence-electron chi connectivity index (χ3n) is 5.12. The van der Waals surface area contributed by atoms with Crippen LogP contribution in [0.3, 0.4) is 0 Å². The van der Waals surface area contributed by atoms with Crippen molar-refractivity contribution >= 4 is 11.2 Å². The smallest absolute Gasteiger partial charge is 0.159 e. The van der Waals surface area contributed by atoms with Crippen molar-refractivity contribution in [1.29, 1.82) is 0 Å². The van der Waals surface area contributed by atoms with Crippen molar-refractivity contribution in [3.63, 3.8) is 0 Å². The van der Waals surface area contributed by atoms with Crippen LogP contribution in [-0.2, 0) is 13.0 Å². The molecule has 2 N–H and O–H groups in total. The van der Waals surface area contributed by atoms with Crippen LogP contribution in [0, 0.1) is 11.8 Å². The third kappa shape index (κ3) is 2.88. The van der Waals surface area contributed by atoms with Crippen molar-refractivity contribution in [1.82, 2.24) is 25.2 Å². The van der Waals surface area contributed by atoms with Gasteiger partial charge in [0.2, 0.25) is 0 Å². The minimum Gasteiger partial charge on any atom is -0.317 e. The predicted molar refractivity (Wildman–Crippen MR) is 87.8 cm³/mol. The molecule has 0 bridgehead atoms. The molecule has 0 amide bonds. The molecule has 2 fully saturated rings. The van der Waals surface area contributed by atoms with Gasteiger partial charge in [-0.1, -0.05) is 0 Å². The van der Waals surface area contributed by atoms with Gasteiger partial charge in [-0.3, -0.25) is 0 Å². The van der Waals surface area contributed by atoms with E-state index < -0.39 is 0 Å². The number of hydrogen-bond acceptors (Lipinski definition) is 4. The molecule has 0 radical (unpaired) electrons. The van der Waals surface area contributed by atoms with Crippen LogP contribution in [0.4, 0.5) is 0 Å². The SMILES string of the molecule is c1cnc2c(c1)nc(CC1CCNCC1)n2CC1CCNC1. The fraction of sp³-hybridized carbons (Fsp3) is 0.647. The van der Waals surface area contributed by atoms with Crippen molar-refractivity contribution in [2.45, 2.75) is 32.2 Å². The first-order valence-corrected chi connectivity index (χ1v) is 8.62. The summed E-state index contributed by atoms with van der Waals surface area (Å²) in [7, 11) is 0. The molecule has 5 heteroatoms. The molecule has 118 valence electrons. The molecular formula is C17H25N5. The summed E-state index contributed by atoms with van der Waals surface area (Å²) in [6, 6.07) is 4.09. The molecule has 4 rings (SSSR count). The van der Waals surface area contributed by atoms with E-state index in [9.17, 15) is 0 Å². The average Bonchev–Trinajstić information content (AvgIpc) is 3.18. The lowest BCUT2D eigenvalue weighted by Gasteiger charge is -2.23. The minimum atomic E-state index is 0.714. The second kappa shape index (κ2) is 6.34. The Morgan fingerprint density at radius 3 is 2.73 bits per heavy atom. The minimum absolute atomic E-state index is 0.714. The molecule has 1 atom stereocenters. The Morgan fingerprint density at radius 2 is 1.91 bits per heavy atom. The van der Waals surface area contributed by atoms with Crippen LogP contribution >= 0.6 is 0 Å². The summed E-state index contributed by atoms with van der Waals surface area (Å²) in [5.74, 6) is 2.72. The van der Waals surface area contributed by atoms with Crippen LogP contribution < -0.4 is 10.6 Å². The van der Waals surface area contributed by atoms with Gasteiger partial charge in [-0.2, -0.15) is 0 Å². The van der Waals surface area contributed by atoms with E-state index in [0.29, 0.717) is 5.92 Å². The van der Waals surface area contributed by atoms with Gasteiger partial charge in [-0.05, 0) is 69.4 Å². The van der Waals surface area contributed by atoms with Crippen LogP contribution in [0.2, 0.25) is 0 Å². The van der Waals surface area contributed by atoms with Gasteiger partial charge in [0.05, 0.1) is 0 Å². The summed E-state index contributed by atoms with van der Waals surface area (Å²) in [6.45, 7) is 5.62. The topological polar surface area (TPSA) is 54.8 Å². The maximum atomic E-state index is 4.91. The highest BCUT2D eigenvalue weighted by Crippen LogP contribution is 2.23. The number of nitrogens with zero attached hydrogens (tertiary/aromatic N) is 3. The number of pyridine rings is 1. The fourth-order valence-electron chi connectivity index (χ4n) is 3.83. The predicted octanol–water partition coefficient (Wildman–Crippen LogP) is 1.58. The summed E-state index contributed by atoms with van der Waals surface area (Å²) in [5, 5.41) is 6.92. The molecule has 1 unspecified atom stereocenters. The number of aromatic nitrogens is 3. The van der Waals surface area contributed by atoms with E-state index in [4.69, 9.17) is 4.98 Å². The van der Waals surface area contributed by atoms with Crippen LogP contribution in [-0.4, -0.2) is 40.7 Å². The average molecular weight is 299 g/mol. The zero-order valence-corrected chi connectivity index (χ0v) is 13.1. The monoisotopic (exact) mass is 299 g/mol. The lowest BCUT2D eigenvalue weighted by Crippen LogP contribution is -2.29. The number of fused-ring (bicyclic) bond motifs is 1. The summed E-state index contributed by atoms with van der Waals surface area (Å²) >= 11 is 0. The van der Waals surface area contributed by atoms with Crippen molar-refractivity contribution in [2.75, 3.05) is 26.2 Å². The van der Waals surface area contributed by atoms with Gasteiger partial charge in [0.15, 0.2) is 5.65 Å². The highest BCUT2D eigenvalue weighted by atomic mass is 15.1. The zero-order chi connectivity index (χ0) is 14.8. The Balaban J connectivity index is 1.62. The fourth-order valence-corrected chi connectivity index (χ4v) is 3.83. The van der Waals surface area contributed by atoms with Gasteiger partial charge in [-0.25, -0.2) is 9.97 Å². The van der Waals surface area contributed by atoms with Gasteiger partial charge in [0, 0.05) is 19.2 Å². The first-order chi connectivity index (χ1) is 10.9. The van der Waals surface area contributed by atoms with Gasteiger partial charge < -0.3 is 15.2 Å². The van der Waals surface area contributed by atoms with Gasteiger partial charge in [0.25, 0.3) is 0 Å². The van der Waals surface area contributed by atoms with E-state index in [0.717, 1.165) is 56.2 Å². The Morgan fingerprint density at radius 1 is 1.09 bits per heavy atom. The zero-order valence-electron chi connectivity index (χ0n) is 13.1. The molecule has 0 aromatic carbocycles. The van der Waals surface area contributed by atoms with Crippen LogP contribution in [0.25, 0.3) is 11.2 Å². The normalized spacial score (nSPS) is 23.4. The molecule has 0 spiro atoms. The number of imidazole rings is 1. The van der Waals surface area contributed by atoms with Gasteiger partial charge in [-0.15, -0.1) is 0 Å². The molecule has 2 aliphatic heterocycles. The highest BCUT2D eigenvalue weighted by molar-refractivity contribution is 5.71. The Labute approximate surface area is 131 Å². The molecule has 0 saturated carbocycles. The summed E-state index contributed by atoms with van der Waals surface area (Å²) in [4.78, 5) is 9.51. The lowest BCUT2D eigenvalue weighted by atomic mass is 9.94. The van der Waals surface area contributed by atoms with Crippen LogP contribution in [0.1, 0.15) is 25.1 Å². The van der Waals surface area contributed by atoms with Crippen LogP contribution in [0.5, 0.6) is 0 Å². The molecule has 2 aliphatic rings. The summed E-state index contributed by atoms with van der Waals surface area (Å²) in [6.07, 6.45) is 6.78. The quantitative estimate of drug-likeness (QED) is 0.900. The van der Waals surface area contributed by atoms with E-state index in [1.54, 1.807) is 0 Å². The first kappa shape index (κ1) is 14.2. The Kier molecular flexibility index (Phi) is 4.08. The molecule has 2 saturated heterocycles. The second-order valence-corrected chi connectivity index (χ2v) is 6.74. The number of piperidine rings is 1. The van der Waals surface area contributed by atoms with Gasteiger partial charge in [0.1, 0.15) is 11.3 Å². The molecule has 22 heavy (non-hydrogen) atoms. The Bertz CT molecular complexity index is 623. The second-order valence-electron chi connectivity index (χ2n) is 6.74. The third-order valence-corrected chi connectivity index (χ3v) is 5.12. The standard InChI is InChI=1S/C17H25N5/c1-2-15-17(20-6-1)22(12-14-5-9-19-11-14)16(21-15)10-13-3-7-18-8-4-13/h1-2,6,13-14,18-19H,3-5,7-12H2. The van der Waals surface area contributed by atoms with E-state index >= 15 is 0 Å². The van der Waals surface area contributed by atoms with Crippen molar-refractivity contribution < 1.29 is 0 Å². The van der Waals surface area contributed by atoms with E-state index in [-0.39, 0.29) is 0 Å².